The number of fused-ring (bicyclic) bond motifs is 1. The number of carboxylic acids is 1. The van der Waals surface area contributed by atoms with Crippen LogP contribution in [0.3, 0.4) is 0 Å². The number of carbonyl (C=O) groups is 2. The SMILES string of the molecule is CC(=O)N(Cc1cc(Cl)cc2cc(C(=O)O)c(=O)[nH]c12)C12CC3CC(CC(C3)C1)C2. The number of carbonyl (C=O) groups excluding carboxylic acids is 1. The van der Waals surface area contributed by atoms with Crippen LogP contribution in [-0.2, 0) is 11.3 Å². The Kier molecular flexibility index (Phi) is 4.47. The minimum atomic E-state index is -1.28. The minimum absolute atomic E-state index is 0.0366. The Morgan fingerprint density at radius 3 is 2.27 bits per heavy atom. The summed E-state index contributed by atoms with van der Waals surface area (Å²) >= 11 is 6.33. The van der Waals surface area contributed by atoms with Crippen LogP contribution in [0.15, 0.2) is 23.0 Å². The average molecular weight is 429 g/mol. The number of benzene rings is 1. The molecule has 6 rings (SSSR count). The monoisotopic (exact) mass is 428 g/mol. The lowest BCUT2D eigenvalue weighted by Crippen LogP contribution is -2.60. The Morgan fingerprint density at radius 1 is 1.13 bits per heavy atom. The molecule has 4 aliphatic rings. The van der Waals surface area contributed by atoms with Crippen molar-refractivity contribution < 1.29 is 14.7 Å². The third-order valence-electron chi connectivity index (χ3n) is 7.52. The fraction of sp³-hybridized carbons (Fsp3) is 0.522. The van der Waals surface area contributed by atoms with Crippen LogP contribution in [-0.4, -0.2) is 32.4 Å². The first-order chi connectivity index (χ1) is 14.2. The molecule has 1 amide bonds. The highest BCUT2D eigenvalue weighted by molar-refractivity contribution is 6.31. The second-order valence-corrected chi connectivity index (χ2v) is 10.0. The summed E-state index contributed by atoms with van der Waals surface area (Å²) in [7, 11) is 0. The number of hydrogen-bond donors (Lipinski definition) is 2. The van der Waals surface area contributed by atoms with Crippen LogP contribution in [0.4, 0.5) is 0 Å². The van der Waals surface area contributed by atoms with Crippen molar-refractivity contribution >= 4 is 34.4 Å². The molecule has 1 aromatic carbocycles. The van der Waals surface area contributed by atoms with E-state index < -0.39 is 11.5 Å². The molecule has 158 valence electrons. The number of carboxylic acid groups (broad SMARTS) is 1. The van der Waals surface area contributed by atoms with E-state index in [-0.39, 0.29) is 17.0 Å². The number of nitrogens with zero attached hydrogens (tertiary/aromatic N) is 1. The van der Waals surface area contributed by atoms with Crippen LogP contribution < -0.4 is 5.56 Å². The Morgan fingerprint density at radius 2 is 1.73 bits per heavy atom. The van der Waals surface area contributed by atoms with Crippen molar-refractivity contribution in [3.05, 3.63) is 44.7 Å². The van der Waals surface area contributed by atoms with E-state index in [1.165, 1.54) is 25.3 Å². The highest BCUT2D eigenvalue weighted by Crippen LogP contribution is 2.58. The molecule has 7 heteroatoms. The van der Waals surface area contributed by atoms with Crippen LogP contribution in [0.2, 0.25) is 5.02 Å². The second kappa shape index (κ2) is 6.84. The van der Waals surface area contributed by atoms with Gasteiger partial charge >= 0.3 is 5.97 Å². The third-order valence-corrected chi connectivity index (χ3v) is 7.73. The van der Waals surface area contributed by atoms with Crippen molar-refractivity contribution in [2.45, 2.75) is 57.5 Å². The zero-order valence-corrected chi connectivity index (χ0v) is 17.7. The van der Waals surface area contributed by atoms with E-state index in [4.69, 9.17) is 11.6 Å². The zero-order valence-electron chi connectivity index (χ0n) is 16.9. The van der Waals surface area contributed by atoms with Gasteiger partial charge in [-0.15, -0.1) is 0 Å². The number of halogens is 1. The van der Waals surface area contributed by atoms with Crippen LogP contribution in [0.5, 0.6) is 0 Å². The van der Waals surface area contributed by atoms with Crippen LogP contribution in [0.25, 0.3) is 10.9 Å². The average Bonchev–Trinajstić information content (AvgIpc) is 2.64. The largest absolute Gasteiger partial charge is 0.477 e. The topological polar surface area (TPSA) is 90.5 Å². The number of pyridine rings is 1. The molecule has 2 aromatic rings. The smallest absolute Gasteiger partial charge is 0.341 e. The first-order valence-electron chi connectivity index (χ1n) is 10.6. The van der Waals surface area contributed by atoms with Crippen molar-refractivity contribution in [2.75, 3.05) is 0 Å². The van der Waals surface area contributed by atoms with Crippen molar-refractivity contribution in [2.24, 2.45) is 17.8 Å². The van der Waals surface area contributed by atoms with Gasteiger partial charge < -0.3 is 15.0 Å². The van der Waals surface area contributed by atoms with Crippen LogP contribution in [0, 0.1) is 17.8 Å². The van der Waals surface area contributed by atoms with Gasteiger partial charge in [0.05, 0.1) is 5.52 Å². The molecule has 0 aliphatic heterocycles. The summed E-state index contributed by atoms with van der Waals surface area (Å²) in [5.41, 5.74) is 0.210. The molecule has 6 nitrogen and oxygen atoms in total. The normalized spacial score (nSPS) is 29.3. The van der Waals surface area contributed by atoms with Crippen LogP contribution >= 0.6 is 11.6 Å². The fourth-order valence-corrected chi connectivity index (χ4v) is 7.07. The van der Waals surface area contributed by atoms with E-state index in [2.05, 4.69) is 4.98 Å². The van der Waals surface area contributed by atoms with Gasteiger partial charge in [0.1, 0.15) is 5.56 Å². The van der Waals surface area contributed by atoms with E-state index in [9.17, 15) is 19.5 Å². The number of hydrogen-bond acceptors (Lipinski definition) is 3. The first-order valence-corrected chi connectivity index (χ1v) is 11.0. The molecular formula is C23H25ClN2O4. The van der Waals surface area contributed by atoms with Crippen molar-refractivity contribution in [3.63, 3.8) is 0 Å². The van der Waals surface area contributed by atoms with Crippen molar-refractivity contribution in [3.8, 4) is 0 Å². The summed E-state index contributed by atoms with van der Waals surface area (Å²) in [6.45, 7) is 1.98. The van der Waals surface area contributed by atoms with Gasteiger partial charge in [-0.3, -0.25) is 9.59 Å². The molecule has 4 saturated carbocycles. The maximum Gasteiger partial charge on any atom is 0.341 e. The standard InChI is InChI=1S/C23H25ClN2O4/c1-12(27)26(23-8-13-2-14(9-23)4-15(3-13)10-23)11-17-6-18(24)5-16-7-19(22(29)30)21(28)25-20(16)17/h5-7,13-15H,2-4,8-11H2,1H3,(H,25,28)(H,29,30). The quantitative estimate of drug-likeness (QED) is 0.763. The van der Waals surface area contributed by atoms with Gasteiger partial charge in [-0.2, -0.15) is 0 Å². The summed E-state index contributed by atoms with van der Waals surface area (Å²) in [5, 5.41) is 10.3. The van der Waals surface area contributed by atoms with Gasteiger partial charge in [0.15, 0.2) is 0 Å². The van der Waals surface area contributed by atoms with Gasteiger partial charge in [0.2, 0.25) is 5.91 Å². The van der Waals surface area contributed by atoms with E-state index in [1.807, 2.05) is 4.90 Å². The predicted octanol–water partition coefficient (Wildman–Crippen LogP) is 4.20. The number of amides is 1. The van der Waals surface area contributed by atoms with Gasteiger partial charge in [-0.1, -0.05) is 11.6 Å². The molecule has 0 atom stereocenters. The molecule has 1 heterocycles. The number of aromatic amines is 1. The number of aromatic nitrogens is 1. The Balaban J connectivity index is 1.58. The lowest BCUT2D eigenvalue weighted by molar-refractivity contribution is -0.150. The van der Waals surface area contributed by atoms with Crippen LogP contribution in [0.1, 0.15) is 61.4 Å². The molecule has 4 fully saturated rings. The molecule has 0 saturated heterocycles. The number of nitrogens with one attached hydrogen (secondary N) is 1. The predicted molar refractivity (Wildman–Crippen MR) is 114 cm³/mol. The Hall–Kier alpha value is -2.34. The molecule has 0 radical (unpaired) electrons. The lowest BCUT2D eigenvalue weighted by atomic mass is 9.52. The van der Waals surface area contributed by atoms with E-state index in [0.29, 0.717) is 40.2 Å². The summed E-state index contributed by atoms with van der Waals surface area (Å²) in [4.78, 5) is 41.2. The number of aromatic carboxylic acids is 1. The third kappa shape index (κ3) is 3.13. The van der Waals surface area contributed by atoms with Gasteiger partial charge in [0.25, 0.3) is 5.56 Å². The zero-order chi connectivity index (χ0) is 21.2. The summed E-state index contributed by atoms with van der Waals surface area (Å²) < 4.78 is 0. The van der Waals surface area contributed by atoms with Gasteiger partial charge in [-0.05, 0) is 80.0 Å². The highest BCUT2D eigenvalue weighted by Gasteiger charge is 2.54. The maximum atomic E-state index is 12.8. The van der Waals surface area contributed by atoms with Crippen molar-refractivity contribution in [1.82, 2.24) is 9.88 Å². The first kappa shape index (κ1) is 19.6. The summed E-state index contributed by atoms with van der Waals surface area (Å²) in [6.07, 6.45) is 7.02. The van der Waals surface area contributed by atoms with Gasteiger partial charge in [-0.25, -0.2) is 4.79 Å². The maximum absolute atomic E-state index is 12.8. The summed E-state index contributed by atoms with van der Waals surface area (Å²) in [6, 6.07) is 4.77. The van der Waals surface area contributed by atoms with E-state index >= 15 is 0 Å². The van der Waals surface area contributed by atoms with E-state index in [1.54, 1.807) is 19.1 Å². The highest BCUT2D eigenvalue weighted by atomic mass is 35.5. The molecular weight excluding hydrogens is 404 g/mol. The number of H-pyrrole nitrogens is 1. The second-order valence-electron chi connectivity index (χ2n) is 9.59. The van der Waals surface area contributed by atoms with Crippen molar-refractivity contribution in [1.29, 1.82) is 0 Å². The molecule has 0 unspecified atom stereocenters. The summed E-state index contributed by atoms with van der Waals surface area (Å²) in [5.74, 6) is 0.861. The molecule has 4 aliphatic carbocycles. The lowest BCUT2D eigenvalue weighted by Gasteiger charge is -2.60. The molecule has 1 aromatic heterocycles. The molecule has 2 N–H and O–H groups in total. The molecule has 4 bridgehead atoms. The molecule has 0 spiro atoms. The molecule has 30 heavy (non-hydrogen) atoms. The fourth-order valence-electron chi connectivity index (χ4n) is 6.82. The Bertz CT molecular complexity index is 1090. The Labute approximate surface area is 179 Å². The minimum Gasteiger partial charge on any atom is -0.477 e. The van der Waals surface area contributed by atoms with E-state index in [0.717, 1.165) is 24.8 Å². The van der Waals surface area contributed by atoms with Gasteiger partial charge in [0, 0.05) is 29.4 Å². The number of rotatable bonds is 4.